The Morgan fingerprint density at radius 3 is 2.83 bits per heavy atom. The molecule has 1 aliphatic carbocycles. The molecule has 0 radical (unpaired) electrons. The van der Waals surface area contributed by atoms with Gasteiger partial charge in [-0.15, -0.1) is 11.3 Å². The molecular formula is C16H16N2O4S. The molecule has 1 aromatic carbocycles. The number of carbonyl (C=O) groups excluding carboxylic acids is 1. The van der Waals surface area contributed by atoms with Gasteiger partial charge in [0.15, 0.2) is 0 Å². The van der Waals surface area contributed by atoms with E-state index < -0.39 is 17.8 Å². The summed E-state index contributed by atoms with van der Waals surface area (Å²) in [4.78, 5) is 27.3. The van der Waals surface area contributed by atoms with E-state index in [1.54, 1.807) is 29.8 Å². The summed E-state index contributed by atoms with van der Waals surface area (Å²) in [5.41, 5.74) is 3.19. The van der Waals surface area contributed by atoms with Gasteiger partial charge in [-0.2, -0.15) is 0 Å². The maximum Gasteiger partial charge on any atom is 0.307 e. The van der Waals surface area contributed by atoms with Gasteiger partial charge < -0.3 is 15.2 Å². The number of aromatic nitrogens is 1. The fourth-order valence-corrected chi connectivity index (χ4v) is 3.02. The van der Waals surface area contributed by atoms with Crippen molar-refractivity contribution >= 4 is 28.9 Å². The lowest BCUT2D eigenvalue weighted by atomic mass is 9.73. The Kier molecular flexibility index (Phi) is 4.57. The molecule has 1 fully saturated rings. The van der Waals surface area contributed by atoms with Crippen LogP contribution in [0.25, 0.3) is 0 Å². The number of rotatable bonds is 6. The van der Waals surface area contributed by atoms with Gasteiger partial charge in [0.05, 0.1) is 23.0 Å². The zero-order valence-electron chi connectivity index (χ0n) is 12.3. The standard InChI is InChI=1S/C16H16N2O4S/c19-15(13-4-5-14(13)16(20)21)18-10-2-1-3-12(6-10)22-7-11-8-23-9-17-11/h1-3,6,8-9,13-14H,4-5,7H2,(H,18,19)(H,20,21)/t13-,14+/m0/s1. The Morgan fingerprint density at radius 1 is 1.35 bits per heavy atom. The van der Waals surface area contributed by atoms with Crippen molar-refractivity contribution in [2.24, 2.45) is 11.8 Å². The van der Waals surface area contributed by atoms with E-state index >= 15 is 0 Å². The van der Waals surface area contributed by atoms with Crippen molar-refractivity contribution in [1.82, 2.24) is 4.98 Å². The summed E-state index contributed by atoms with van der Waals surface area (Å²) in [7, 11) is 0. The lowest BCUT2D eigenvalue weighted by Gasteiger charge is -2.31. The van der Waals surface area contributed by atoms with Crippen molar-refractivity contribution < 1.29 is 19.4 Å². The molecule has 23 heavy (non-hydrogen) atoms. The van der Waals surface area contributed by atoms with Crippen LogP contribution in [-0.4, -0.2) is 22.0 Å². The third-order valence-electron chi connectivity index (χ3n) is 3.90. The van der Waals surface area contributed by atoms with Crippen molar-refractivity contribution in [3.05, 3.63) is 40.8 Å². The molecule has 0 spiro atoms. The maximum absolute atomic E-state index is 12.1. The Morgan fingerprint density at radius 2 is 2.17 bits per heavy atom. The maximum atomic E-state index is 12.1. The van der Waals surface area contributed by atoms with Crippen LogP contribution in [0.5, 0.6) is 5.75 Å². The summed E-state index contributed by atoms with van der Waals surface area (Å²) in [5, 5.41) is 13.7. The van der Waals surface area contributed by atoms with Crippen LogP contribution in [0.3, 0.4) is 0 Å². The van der Waals surface area contributed by atoms with E-state index in [0.717, 1.165) is 5.69 Å². The third kappa shape index (κ3) is 3.68. The SMILES string of the molecule is O=C(Nc1cccc(OCc2cscn2)c1)[C@H]1CC[C@H]1C(=O)O. The molecule has 0 saturated heterocycles. The number of nitrogens with zero attached hydrogens (tertiary/aromatic N) is 1. The van der Waals surface area contributed by atoms with Crippen molar-refractivity contribution in [2.45, 2.75) is 19.4 Å². The van der Waals surface area contributed by atoms with Gasteiger partial charge in [-0.05, 0) is 25.0 Å². The Hall–Kier alpha value is -2.41. The number of hydrogen-bond acceptors (Lipinski definition) is 5. The minimum atomic E-state index is -0.906. The van der Waals surface area contributed by atoms with Gasteiger partial charge >= 0.3 is 5.97 Å². The number of aliphatic carboxylic acids is 1. The number of hydrogen-bond donors (Lipinski definition) is 2. The van der Waals surface area contributed by atoms with Crippen LogP contribution in [0.15, 0.2) is 35.2 Å². The van der Waals surface area contributed by atoms with Crippen molar-refractivity contribution in [3.63, 3.8) is 0 Å². The molecule has 2 N–H and O–H groups in total. The summed E-state index contributed by atoms with van der Waals surface area (Å²) in [6.07, 6.45) is 1.17. The molecule has 1 aromatic heterocycles. The molecule has 2 aromatic rings. The van der Waals surface area contributed by atoms with E-state index in [2.05, 4.69) is 10.3 Å². The second kappa shape index (κ2) is 6.78. The minimum Gasteiger partial charge on any atom is -0.487 e. The summed E-state index contributed by atoms with van der Waals surface area (Å²) in [6.45, 7) is 0.366. The molecule has 2 atom stereocenters. The summed E-state index contributed by atoms with van der Waals surface area (Å²) in [6, 6.07) is 7.05. The predicted molar refractivity (Wildman–Crippen MR) is 85.4 cm³/mol. The molecule has 7 heteroatoms. The number of ether oxygens (including phenoxy) is 1. The quantitative estimate of drug-likeness (QED) is 0.849. The smallest absolute Gasteiger partial charge is 0.307 e. The van der Waals surface area contributed by atoms with Gasteiger partial charge in [-0.25, -0.2) is 4.98 Å². The first kappa shape index (κ1) is 15.5. The zero-order valence-corrected chi connectivity index (χ0v) is 13.1. The Balaban J connectivity index is 1.59. The van der Waals surface area contributed by atoms with Crippen molar-refractivity contribution in [1.29, 1.82) is 0 Å². The average Bonchev–Trinajstić information content (AvgIpc) is 2.97. The van der Waals surface area contributed by atoms with E-state index in [4.69, 9.17) is 9.84 Å². The van der Waals surface area contributed by atoms with E-state index in [1.807, 2.05) is 5.38 Å². The summed E-state index contributed by atoms with van der Waals surface area (Å²) in [5.74, 6) is -1.55. The molecule has 1 saturated carbocycles. The molecule has 1 heterocycles. The highest BCUT2D eigenvalue weighted by molar-refractivity contribution is 7.07. The van der Waals surface area contributed by atoms with Gasteiger partial charge in [0.1, 0.15) is 12.4 Å². The molecule has 120 valence electrons. The van der Waals surface area contributed by atoms with Gasteiger partial charge in [-0.1, -0.05) is 6.07 Å². The molecule has 6 nitrogen and oxygen atoms in total. The van der Waals surface area contributed by atoms with Crippen LogP contribution in [0.2, 0.25) is 0 Å². The van der Waals surface area contributed by atoms with Gasteiger partial charge in [-0.3, -0.25) is 9.59 Å². The van der Waals surface area contributed by atoms with Crippen molar-refractivity contribution in [3.8, 4) is 5.75 Å². The van der Waals surface area contributed by atoms with E-state index in [0.29, 0.717) is 30.9 Å². The van der Waals surface area contributed by atoms with E-state index in [-0.39, 0.29) is 5.91 Å². The molecule has 0 unspecified atom stereocenters. The predicted octanol–water partition coefficient (Wildman–Crippen LogP) is 2.77. The van der Waals surface area contributed by atoms with Crippen LogP contribution in [0.4, 0.5) is 5.69 Å². The second-order valence-electron chi connectivity index (χ2n) is 5.41. The third-order valence-corrected chi connectivity index (χ3v) is 4.54. The second-order valence-corrected chi connectivity index (χ2v) is 6.13. The molecule has 0 bridgehead atoms. The highest BCUT2D eigenvalue weighted by atomic mass is 32.1. The topological polar surface area (TPSA) is 88.5 Å². The minimum absolute atomic E-state index is 0.250. The van der Waals surface area contributed by atoms with Crippen molar-refractivity contribution in [2.75, 3.05) is 5.32 Å². The Bertz CT molecular complexity index is 702. The van der Waals surface area contributed by atoms with Gasteiger partial charge in [0.25, 0.3) is 0 Å². The number of anilines is 1. The molecular weight excluding hydrogens is 316 g/mol. The highest BCUT2D eigenvalue weighted by Gasteiger charge is 2.41. The number of carbonyl (C=O) groups is 2. The van der Waals surface area contributed by atoms with E-state index in [1.165, 1.54) is 11.3 Å². The normalized spacial score (nSPS) is 19.7. The number of benzene rings is 1. The van der Waals surface area contributed by atoms with Crippen LogP contribution in [0, 0.1) is 11.8 Å². The fraction of sp³-hybridized carbons (Fsp3) is 0.312. The number of amides is 1. The van der Waals surface area contributed by atoms with Gasteiger partial charge in [0.2, 0.25) is 5.91 Å². The average molecular weight is 332 g/mol. The van der Waals surface area contributed by atoms with E-state index in [9.17, 15) is 9.59 Å². The monoisotopic (exact) mass is 332 g/mol. The molecule has 1 aliphatic rings. The number of thiazole rings is 1. The van der Waals surface area contributed by atoms with Crippen LogP contribution in [-0.2, 0) is 16.2 Å². The molecule has 1 amide bonds. The van der Waals surface area contributed by atoms with Crippen LogP contribution in [0.1, 0.15) is 18.5 Å². The first-order valence-corrected chi connectivity index (χ1v) is 8.21. The molecule has 3 rings (SSSR count). The first-order chi connectivity index (χ1) is 11.1. The number of carboxylic acid groups (broad SMARTS) is 1. The lowest BCUT2D eigenvalue weighted by Crippen LogP contribution is -2.41. The largest absolute Gasteiger partial charge is 0.487 e. The highest BCUT2D eigenvalue weighted by Crippen LogP contribution is 2.35. The number of nitrogens with one attached hydrogen (secondary N) is 1. The number of carboxylic acids is 1. The van der Waals surface area contributed by atoms with Crippen LogP contribution >= 0.6 is 11.3 Å². The lowest BCUT2D eigenvalue weighted by molar-refractivity contribution is -0.151. The molecule has 0 aliphatic heterocycles. The Labute approximate surface area is 137 Å². The summed E-state index contributed by atoms with van der Waals surface area (Å²) < 4.78 is 5.63. The zero-order chi connectivity index (χ0) is 16.2. The van der Waals surface area contributed by atoms with Crippen LogP contribution < -0.4 is 10.1 Å². The van der Waals surface area contributed by atoms with Gasteiger partial charge in [0, 0.05) is 17.1 Å². The summed E-state index contributed by atoms with van der Waals surface area (Å²) >= 11 is 1.50. The first-order valence-electron chi connectivity index (χ1n) is 7.27. The fourth-order valence-electron chi connectivity index (χ4n) is 2.47.